The van der Waals surface area contributed by atoms with Crippen molar-refractivity contribution in [2.45, 2.75) is 45.3 Å². The van der Waals surface area contributed by atoms with Crippen molar-refractivity contribution in [1.29, 1.82) is 0 Å². The predicted molar refractivity (Wildman–Crippen MR) is 88.2 cm³/mol. The van der Waals surface area contributed by atoms with E-state index in [1.807, 2.05) is 30.4 Å². The van der Waals surface area contributed by atoms with Gasteiger partial charge in [0.1, 0.15) is 5.76 Å². The summed E-state index contributed by atoms with van der Waals surface area (Å²) in [6, 6.07) is 5.67. The number of hydrogen-bond donors (Lipinski definition) is 0. The van der Waals surface area contributed by atoms with Crippen LogP contribution in [0.3, 0.4) is 0 Å². The van der Waals surface area contributed by atoms with Crippen molar-refractivity contribution in [3.63, 3.8) is 0 Å². The van der Waals surface area contributed by atoms with E-state index in [0.717, 1.165) is 11.5 Å². The Balaban J connectivity index is 2.28. The predicted octanol–water partition coefficient (Wildman–Crippen LogP) is 4.34. The zero-order valence-electron chi connectivity index (χ0n) is 13.4. The topological polar surface area (TPSA) is 39.2 Å². The molecule has 0 atom stereocenters. The Kier molecular flexibility index (Phi) is 4.19. The molecule has 0 radical (unpaired) electrons. The second kappa shape index (κ2) is 5.60. The Morgan fingerprint density at radius 3 is 2.57 bits per heavy atom. The van der Waals surface area contributed by atoms with E-state index in [9.17, 15) is 4.79 Å². The van der Waals surface area contributed by atoms with Crippen molar-refractivity contribution < 1.29 is 9.22 Å². The first-order valence-corrected chi connectivity index (χ1v) is 10.2. The highest BCUT2D eigenvalue weighted by Crippen LogP contribution is 2.40. The fourth-order valence-electron chi connectivity index (χ4n) is 1.83. The largest absolute Gasteiger partial charge is 0.543 e. The molecule has 1 aromatic heterocycles. The molecule has 0 aliphatic heterocycles. The third-order valence-electron chi connectivity index (χ3n) is 4.19. The summed E-state index contributed by atoms with van der Waals surface area (Å²) in [6.07, 6.45) is 5.87. The number of pyridine rings is 1. The molecule has 2 rings (SSSR count). The van der Waals surface area contributed by atoms with Crippen LogP contribution in [0.15, 0.2) is 41.8 Å². The van der Waals surface area contributed by atoms with Crippen molar-refractivity contribution in [3.05, 3.63) is 47.5 Å². The molecule has 1 aliphatic carbocycles. The Morgan fingerprint density at radius 1 is 1.29 bits per heavy atom. The second-order valence-corrected chi connectivity index (χ2v) is 11.6. The van der Waals surface area contributed by atoms with Crippen LogP contribution in [0.2, 0.25) is 18.1 Å². The fourth-order valence-corrected chi connectivity index (χ4v) is 2.88. The lowest BCUT2D eigenvalue weighted by Crippen LogP contribution is -2.40. The van der Waals surface area contributed by atoms with Crippen LogP contribution in [0.1, 0.15) is 32.9 Å². The Bertz CT molecular complexity index is 595. The van der Waals surface area contributed by atoms with Gasteiger partial charge in [-0.2, -0.15) is 0 Å². The highest BCUT2D eigenvalue weighted by Gasteiger charge is 2.40. The quantitative estimate of drug-likeness (QED) is 0.615. The molecule has 1 heterocycles. The molecule has 112 valence electrons. The number of rotatable bonds is 3. The first kappa shape index (κ1) is 15.7. The van der Waals surface area contributed by atoms with Crippen LogP contribution >= 0.6 is 0 Å². The van der Waals surface area contributed by atoms with Gasteiger partial charge >= 0.3 is 0 Å². The third kappa shape index (κ3) is 3.50. The maximum absolute atomic E-state index is 12.1. The van der Waals surface area contributed by atoms with E-state index in [-0.39, 0.29) is 10.8 Å². The van der Waals surface area contributed by atoms with Gasteiger partial charge in [0.15, 0.2) is 5.78 Å². The average Bonchev–Trinajstić information content (AvgIpc) is 2.71. The lowest BCUT2D eigenvalue weighted by molar-refractivity contribution is -0.114. The highest BCUT2D eigenvalue weighted by atomic mass is 28.4. The molecule has 0 fully saturated rings. The van der Waals surface area contributed by atoms with Gasteiger partial charge in [0.05, 0.1) is 11.3 Å². The maximum atomic E-state index is 12.1. The van der Waals surface area contributed by atoms with Crippen molar-refractivity contribution in [1.82, 2.24) is 4.98 Å². The van der Waals surface area contributed by atoms with Gasteiger partial charge in [0.25, 0.3) is 0 Å². The van der Waals surface area contributed by atoms with Gasteiger partial charge < -0.3 is 4.43 Å². The number of nitrogens with zero attached hydrogens (tertiary/aromatic N) is 1. The molecule has 0 spiro atoms. The Labute approximate surface area is 127 Å². The average molecular weight is 301 g/mol. The van der Waals surface area contributed by atoms with Crippen molar-refractivity contribution in [3.8, 4) is 0 Å². The molecule has 0 unspecified atom stereocenters. The molecule has 1 aliphatic rings. The molecule has 0 amide bonds. The molecule has 4 heteroatoms. The van der Waals surface area contributed by atoms with E-state index in [1.165, 1.54) is 0 Å². The first-order chi connectivity index (χ1) is 9.71. The van der Waals surface area contributed by atoms with Crippen LogP contribution in [0.4, 0.5) is 0 Å². The smallest absolute Gasteiger partial charge is 0.250 e. The molecule has 3 nitrogen and oxygen atoms in total. The van der Waals surface area contributed by atoms with Gasteiger partial charge in [-0.25, -0.2) is 0 Å². The van der Waals surface area contributed by atoms with E-state index >= 15 is 0 Å². The zero-order chi connectivity index (χ0) is 15.7. The summed E-state index contributed by atoms with van der Waals surface area (Å²) in [4.78, 5) is 16.4. The SMILES string of the molecule is CC(C)(C)[Si](C)(C)OC1=CCC(=O)C1=Cc1ccccn1. The number of hydrogen-bond acceptors (Lipinski definition) is 3. The summed E-state index contributed by atoms with van der Waals surface area (Å²) in [5.74, 6) is 0.839. The minimum absolute atomic E-state index is 0.106. The standard InChI is InChI=1S/C17H23NO2Si/c1-17(2,3)21(4,5)20-16-10-9-15(19)14(16)12-13-8-6-7-11-18-13/h6-8,10-12H,9H2,1-5H3. The second-order valence-electron chi connectivity index (χ2n) is 6.87. The monoisotopic (exact) mass is 301 g/mol. The Morgan fingerprint density at radius 2 is 2.00 bits per heavy atom. The summed E-state index contributed by atoms with van der Waals surface area (Å²) in [6.45, 7) is 11.0. The maximum Gasteiger partial charge on any atom is 0.250 e. The van der Waals surface area contributed by atoms with Crippen LogP contribution in [-0.4, -0.2) is 19.1 Å². The number of Topliss-reactive ketones (excluding diaryl/α,β-unsaturated/α-hetero) is 1. The molecule has 0 saturated heterocycles. The molecule has 1 aromatic rings. The molecule has 0 saturated carbocycles. The summed E-state index contributed by atoms with van der Waals surface area (Å²) in [7, 11) is -1.94. The number of carbonyl (C=O) groups is 1. The molecular formula is C17H23NO2Si. The lowest BCUT2D eigenvalue weighted by Gasteiger charge is -2.37. The van der Waals surface area contributed by atoms with E-state index in [4.69, 9.17) is 4.43 Å². The van der Waals surface area contributed by atoms with Gasteiger partial charge in [-0.05, 0) is 42.4 Å². The number of carbonyl (C=O) groups excluding carboxylic acids is 1. The summed E-state index contributed by atoms with van der Waals surface area (Å²) < 4.78 is 6.30. The van der Waals surface area contributed by atoms with Crippen LogP contribution in [0, 0.1) is 0 Å². The summed E-state index contributed by atoms with van der Waals surface area (Å²) in [5.41, 5.74) is 1.44. The molecular weight excluding hydrogens is 278 g/mol. The fraction of sp³-hybridized carbons (Fsp3) is 0.412. The van der Waals surface area contributed by atoms with Crippen LogP contribution in [-0.2, 0) is 9.22 Å². The Hall–Kier alpha value is -1.68. The van der Waals surface area contributed by atoms with Gasteiger partial charge in [0, 0.05) is 12.6 Å². The molecule has 0 bridgehead atoms. The minimum Gasteiger partial charge on any atom is -0.543 e. The van der Waals surface area contributed by atoms with Crippen molar-refractivity contribution in [2.24, 2.45) is 0 Å². The zero-order valence-corrected chi connectivity index (χ0v) is 14.4. The van der Waals surface area contributed by atoms with Crippen LogP contribution < -0.4 is 0 Å². The molecule has 0 N–H and O–H groups in total. The van der Waals surface area contributed by atoms with E-state index in [0.29, 0.717) is 12.0 Å². The van der Waals surface area contributed by atoms with Crippen LogP contribution in [0.25, 0.3) is 6.08 Å². The van der Waals surface area contributed by atoms with Gasteiger partial charge in [0.2, 0.25) is 8.32 Å². The number of ketones is 1. The molecule has 21 heavy (non-hydrogen) atoms. The number of allylic oxidation sites excluding steroid dienone is 2. The summed E-state index contributed by atoms with van der Waals surface area (Å²) in [5, 5.41) is 0.107. The molecule has 0 aromatic carbocycles. The normalized spacial score (nSPS) is 18.0. The first-order valence-electron chi connectivity index (χ1n) is 7.26. The van der Waals surface area contributed by atoms with E-state index in [1.54, 1.807) is 6.20 Å². The van der Waals surface area contributed by atoms with Gasteiger partial charge in [-0.1, -0.05) is 26.8 Å². The van der Waals surface area contributed by atoms with Gasteiger partial charge in [-0.3, -0.25) is 9.78 Å². The highest BCUT2D eigenvalue weighted by molar-refractivity contribution is 6.74. The van der Waals surface area contributed by atoms with Crippen molar-refractivity contribution >= 4 is 20.2 Å². The summed E-state index contributed by atoms with van der Waals surface area (Å²) >= 11 is 0. The van der Waals surface area contributed by atoms with E-state index in [2.05, 4.69) is 38.8 Å². The third-order valence-corrected chi connectivity index (χ3v) is 8.53. The van der Waals surface area contributed by atoms with Crippen molar-refractivity contribution in [2.75, 3.05) is 0 Å². The van der Waals surface area contributed by atoms with Crippen LogP contribution in [0.5, 0.6) is 0 Å². The lowest BCUT2D eigenvalue weighted by atomic mass is 10.1. The number of aromatic nitrogens is 1. The van der Waals surface area contributed by atoms with E-state index < -0.39 is 8.32 Å². The van der Waals surface area contributed by atoms with Gasteiger partial charge in [-0.15, -0.1) is 0 Å². The minimum atomic E-state index is -1.94.